The van der Waals surface area contributed by atoms with Gasteiger partial charge in [-0.15, -0.1) is 0 Å². The number of hydrogen-bond acceptors (Lipinski definition) is 0. The van der Waals surface area contributed by atoms with Gasteiger partial charge in [0.05, 0.1) is 0 Å². The Labute approximate surface area is 163 Å². The van der Waals surface area contributed by atoms with E-state index in [0.717, 1.165) is 0 Å². The molecule has 1 heterocycles. The van der Waals surface area contributed by atoms with Crippen LogP contribution in [-0.4, -0.2) is 129 Å². The second kappa shape index (κ2) is 18.5. The van der Waals surface area contributed by atoms with Crippen LogP contribution < -0.4 is 0 Å². The van der Waals surface area contributed by atoms with Crippen molar-refractivity contribution in [1.29, 1.82) is 0 Å². The first-order valence-corrected chi connectivity index (χ1v) is 23.7. The second-order valence-corrected chi connectivity index (χ2v) is 37.7. The van der Waals surface area contributed by atoms with Crippen LogP contribution in [0.4, 0.5) is 0 Å². The summed E-state index contributed by atoms with van der Waals surface area (Å²) < 4.78 is 5.38. The maximum absolute atomic E-state index is 5.48. The van der Waals surface area contributed by atoms with E-state index >= 15 is 0 Å². The fraction of sp³-hybridized carbons (Fsp3) is 1.00. The van der Waals surface area contributed by atoms with Crippen molar-refractivity contribution in [2.24, 2.45) is 0 Å². The van der Waals surface area contributed by atoms with E-state index in [9.17, 15) is 0 Å². The van der Waals surface area contributed by atoms with Crippen molar-refractivity contribution >= 4 is 149 Å². The SMILES string of the molecule is C1[Te]C[Te]C[Te]1.[CH3][Ge]([CH3])([Cl])[Cl].[Li][Li].[TeH2]. The predicted octanol–water partition coefficient (Wildman–Crippen LogP) is 0.728. The van der Waals surface area contributed by atoms with E-state index in [4.69, 9.17) is 20.0 Å². The summed E-state index contributed by atoms with van der Waals surface area (Å²) in [4.78, 5) is 0. The Morgan fingerprint density at radius 2 is 1.07 bits per heavy atom. The molecule has 0 nitrogen and oxygen atoms in total. The average molecular weight is 742 g/mol. The van der Waals surface area contributed by atoms with Gasteiger partial charge in [0.15, 0.2) is 0 Å². The fourth-order valence-corrected chi connectivity index (χ4v) is 38.8. The van der Waals surface area contributed by atoms with Gasteiger partial charge < -0.3 is 0 Å². The molecule has 78 valence electrons. The summed E-state index contributed by atoms with van der Waals surface area (Å²) in [5, 5.41) is 0. The summed E-state index contributed by atoms with van der Waals surface area (Å²) in [6, 6.07) is 0. The summed E-state index contributed by atoms with van der Waals surface area (Å²) in [5.41, 5.74) is 0. The zero-order valence-corrected chi connectivity index (χ0v) is 22.6. The average Bonchev–Trinajstić information content (AvgIpc) is 2.08. The molecular weight excluding hydrogens is 728 g/mol. The van der Waals surface area contributed by atoms with Crippen LogP contribution in [0.1, 0.15) is 0 Å². The molecule has 9 heteroatoms. The van der Waals surface area contributed by atoms with Gasteiger partial charge in [-0.3, -0.25) is 0 Å². The molecule has 0 saturated carbocycles. The Kier molecular flexibility index (Phi) is 32.3. The maximum atomic E-state index is 5.48. The number of hydrogen-bond donors (Lipinski definition) is 0. The first-order chi connectivity index (χ1) is 6.00. The standard InChI is InChI=1S/C3H6Te3.C2H6Cl2Ge.2Li.H2Te/c1-4-2-6-3-5-1;1-5(2,3)4;;;/h1-3H2;1-2H3;;;1H2. The normalized spacial score (nSPS) is 15.1. The monoisotopic (exact) mass is 752 g/mol. The Bertz CT molecular complexity index is 84.7. The summed E-state index contributed by atoms with van der Waals surface area (Å²) in [6.45, 7) is 0. The molecule has 1 saturated heterocycles. The summed E-state index contributed by atoms with van der Waals surface area (Å²) in [7, 11) is 11.0. The van der Waals surface area contributed by atoms with Gasteiger partial charge in [-0.25, -0.2) is 0 Å². The molecule has 0 bridgehead atoms. The third-order valence-electron chi connectivity index (χ3n) is 0.500. The van der Waals surface area contributed by atoms with Crippen LogP contribution in [0.5, 0.6) is 0 Å². The molecule has 1 aliphatic heterocycles. The molecule has 0 N–H and O–H groups in total. The molecular formula is C5H14Cl2GeLi2Te4. The minimum absolute atomic E-state index is 0. The number of rotatable bonds is 0. The molecule has 0 aromatic carbocycles. The quantitative estimate of drug-likeness (QED) is 0.322. The summed E-state index contributed by atoms with van der Waals surface area (Å²) >= 11 is 4.01. The van der Waals surface area contributed by atoms with E-state index in [-0.39, 0.29) is 23.7 Å². The van der Waals surface area contributed by atoms with Gasteiger partial charge in [0.25, 0.3) is 0 Å². The van der Waals surface area contributed by atoms with Crippen molar-refractivity contribution in [2.75, 3.05) is 0 Å². The molecule has 0 spiro atoms. The molecule has 1 aliphatic rings. The van der Waals surface area contributed by atoms with E-state index in [2.05, 4.69) is 0 Å². The van der Waals surface area contributed by atoms with Crippen LogP contribution in [-0.2, 0) is 0 Å². The first kappa shape index (κ1) is 24.5. The van der Waals surface area contributed by atoms with Crippen molar-refractivity contribution < 1.29 is 0 Å². The van der Waals surface area contributed by atoms with Gasteiger partial charge in [-0.05, 0) is 0 Å². The molecule has 1 fully saturated rings. The Balaban J connectivity index is -0.000000141. The van der Waals surface area contributed by atoms with Crippen LogP contribution in [0.3, 0.4) is 0 Å². The third kappa shape index (κ3) is 36.0. The Morgan fingerprint density at radius 1 is 0.929 bits per heavy atom. The fourth-order valence-electron chi connectivity index (χ4n) is 0.279. The second-order valence-electron chi connectivity index (χ2n) is 2.29. The molecule has 0 aromatic heterocycles. The predicted molar refractivity (Wildman–Crippen MR) is 80.9 cm³/mol. The van der Waals surface area contributed by atoms with Crippen molar-refractivity contribution in [1.82, 2.24) is 0 Å². The van der Waals surface area contributed by atoms with E-state index in [1.54, 1.807) is 7.55 Å². The molecule has 14 heavy (non-hydrogen) atoms. The van der Waals surface area contributed by atoms with Crippen molar-refractivity contribution in [3.8, 4) is 0 Å². The molecule has 0 unspecified atom stereocenters. The molecule has 0 radical (unpaired) electrons. The Hall–Kier alpha value is 5.48. The van der Waals surface area contributed by atoms with Crippen LogP contribution in [0.25, 0.3) is 0 Å². The van der Waals surface area contributed by atoms with Gasteiger partial charge >= 0.3 is 168 Å². The van der Waals surface area contributed by atoms with Gasteiger partial charge in [0.1, 0.15) is 0 Å². The summed E-state index contributed by atoms with van der Waals surface area (Å²) in [5.74, 6) is 3.81. The van der Waals surface area contributed by atoms with Gasteiger partial charge in [0, 0.05) is 0 Å². The van der Waals surface area contributed by atoms with E-state index in [0.29, 0.717) is 62.8 Å². The molecule has 0 aliphatic carbocycles. The van der Waals surface area contributed by atoms with Gasteiger partial charge in [-0.2, -0.15) is 0 Å². The van der Waals surface area contributed by atoms with Crippen LogP contribution in [0.2, 0.25) is 19.1 Å². The van der Waals surface area contributed by atoms with Crippen LogP contribution in [0, 0.1) is 0 Å². The van der Waals surface area contributed by atoms with Gasteiger partial charge in [-0.1, -0.05) is 0 Å². The minimum atomic E-state index is -2.06. The first-order valence-electron chi connectivity index (χ1n) is 4.11. The topological polar surface area (TPSA) is 0 Å². The zero-order chi connectivity index (χ0) is 10.7. The third-order valence-corrected chi connectivity index (χ3v) is 22.5. The van der Waals surface area contributed by atoms with Crippen LogP contribution >= 0.6 is 20.0 Å². The summed E-state index contributed by atoms with van der Waals surface area (Å²) in [6.07, 6.45) is 0. The van der Waals surface area contributed by atoms with Crippen molar-refractivity contribution in [3.63, 3.8) is 0 Å². The van der Waals surface area contributed by atoms with Crippen molar-refractivity contribution in [2.45, 2.75) is 19.1 Å². The van der Waals surface area contributed by atoms with Crippen LogP contribution in [0.15, 0.2) is 0 Å². The van der Waals surface area contributed by atoms with Gasteiger partial charge in [0.2, 0.25) is 0 Å². The molecule has 0 aromatic rings. The van der Waals surface area contributed by atoms with E-state index in [1.165, 1.54) is 0 Å². The van der Waals surface area contributed by atoms with E-state index < -0.39 is 11.4 Å². The molecule has 1 rings (SSSR count). The zero-order valence-electron chi connectivity index (χ0n) is 9.10. The Morgan fingerprint density at radius 3 is 1.14 bits per heavy atom. The van der Waals surface area contributed by atoms with E-state index in [1.807, 2.05) is 42.3 Å². The molecule has 0 atom stereocenters. The molecule has 0 amide bonds. The van der Waals surface area contributed by atoms with Crippen molar-refractivity contribution in [3.05, 3.63) is 0 Å². The number of halogens is 2.